The third-order valence-electron chi connectivity index (χ3n) is 3.76. The molecule has 0 amide bonds. The zero-order chi connectivity index (χ0) is 20.6. The molecule has 1 aromatic carbocycles. The minimum atomic E-state index is -0.168. The second kappa shape index (κ2) is 17.3. The van der Waals surface area contributed by atoms with Gasteiger partial charge >= 0.3 is 5.97 Å². The van der Waals surface area contributed by atoms with E-state index in [-0.39, 0.29) is 36.0 Å². The first kappa shape index (κ1) is 27.5. The van der Waals surface area contributed by atoms with Gasteiger partial charge in [0.15, 0.2) is 5.96 Å². The van der Waals surface area contributed by atoms with Gasteiger partial charge in [0.05, 0.1) is 19.8 Å². The Bertz CT molecular complexity index is 580. The van der Waals surface area contributed by atoms with Crippen molar-refractivity contribution in [1.82, 2.24) is 10.6 Å². The van der Waals surface area contributed by atoms with Gasteiger partial charge in [0.1, 0.15) is 5.75 Å². The lowest BCUT2D eigenvalue weighted by Crippen LogP contribution is -2.38. The van der Waals surface area contributed by atoms with Crippen molar-refractivity contribution in [2.24, 2.45) is 4.99 Å². The summed E-state index contributed by atoms with van der Waals surface area (Å²) in [7, 11) is 1.65. The summed E-state index contributed by atoms with van der Waals surface area (Å²) in [5.74, 6) is 1.39. The largest absolute Gasteiger partial charge is 0.497 e. The third-order valence-corrected chi connectivity index (χ3v) is 3.76. The van der Waals surface area contributed by atoms with Crippen LogP contribution in [0.25, 0.3) is 0 Å². The van der Waals surface area contributed by atoms with Crippen LogP contribution in [0.15, 0.2) is 29.3 Å². The van der Waals surface area contributed by atoms with E-state index in [1.807, 2.05) is 45.0 Å². The van der Waals surface area contributed by atoms with Gasteiger partial charge in [-0.1, -0.05) is 12.1 Å². The quantitative estimate of drug-likeness (QED) is 0.136. The number of carbonyl (C=O) groups is 1. The van der Waals surface area contributed by atoms with E-state index < -0.39 is 0 Å². The molecule has 0 aliphatic rings. The average Bonchev–Trinajstić information content (AvgIpc) is 2.68. The fourth-order valence-corrected chi connectivity index (χ4v) is 2.36. The van der Waals surface area contributed by atoms with Gasteiger partial charge in [0.2, 0.25) is 0 Å². The maximum atomic E-state index is 11.6. The molecular formula is C21H36IN3O4. The Balaban J connectivity index is 0.00000784. The smallest absolute Gasteiger partial charge is 0.306 e. The molecule has 0 saturated carbocycles. The van der Waals surface area contributed by atoms with Gasteiger partial charge in [-0.2, -0.15) is 0 Å². The molecule has 29 heavy (non-hydrogen) atoms. The number of hydrogen-bond acceptors (Lipinski definition) is 5. The standard InChI is InChI=1S/C21H35N3O4.HI/c1-5-27-15-7-14-23-21(22-13-6-8-20(25)28-17(2)3)24-16-18-9-11-19(26-4)12-10-18;/h9-12,17H,5-8,13-16H2,1-4H3,(H2,22,23,24);1H. The Labute approximate surface area is 192 Å². The summed E-state index contributed by atoms with van der Waals surface area (Å²) in [6, 6.07) is 7.84. The highest BCUT2D eigenvalue weighted by atomic mass is 127. The molecule has 0 unspecified atom stereocenters. The number of nitrogens with zero attached hydrogens (tertiary/aromatic N) is 1. The molecule has 0 atom stereocenters. The van der Waals surface area contributed by atoms with E-state index in [0.717, 1.165) is 43.5 Å². The van der Waals surface area contributed by atoms with Gasteiger partial charge in [0.25, 0.3) is 0 Å². The maximum absolute atomic E-state index is 11.6. The normalized spacial score (nSPS) is 11.0. The Morgan fingerprint density at radius 2 is 1.76 bits per heavy atom. The molecule has 0 bridgehead atoms. The van der Waals surface area contributed by atoms with Crippen molar-refractivity contribution >= 4 is 35.9 Å². The van der Waals surface area contributed by atoms with Crippen LogP contribution >= 0.6 is 24.0 Å². The van der Waals surface area contributed by atoms with Gasteiger partial charge in [-0.25, -0.2) is 4.99 Å². The number of esters is 1. The number of guanidine groups is 1. The number of aliphatic imine (C=N–C) groups is 1. The number of ether oxygens (including phenoxy) is 3. The molecule has 0 fully saturated rings. The number of nitrogens with one attached hydrogen (secondary N) is 2. The summed E-state index contributed by atoms with van der Waals surface area (Å²) in [5.41, 5.74) is 1.09. The summed E-state index contributed by atoms with van der Waals surface area (Å²) >= 11 is 0. The number of carbonyl (C=O) groups excluding carboxylic acids is 1. The van der Waals surface area contributed by atoms with Gasteiger partial charge < -0.3 is 24.8 Å². The number of halogens is 1. The van der Waals surface area contributed by atoms with Crippen molar-refractivity contribution in [3.63, 3.8) is 0 Å². The Morgan fingerprint density at radius 1 is 1.10 bits per heavy atom. The molecule has 0 spiro atoms. The number of hydrogen-bond donors (Lipinski definition) is 2. The Kier molecular flexibility index (Phi) is 16.4. The van der Waals surface area contributed by atoms with Crippen molar-refractivity contribution in [3.8, 4) is 5.75 Å². The fraction of sp³-hybridized carbons (Fsp3) is 0.619. The topological polar surface area (TPSA) is 81.2 Å². The number of rotatable bonds is 13. The lowest BCUT2D eigenvalue weighted by molar-refractivity contribution is -0.147. The van der Waals surface area contributed by atoms with Crippen LogP contribution in [0.5, 0.6) is 5.75 Å². The lowest BCUT2D eigenvalue weighted by atomic mass is 10.2. The van der Waals surface area contributed by atoms with Gasteiger partial charge in [-0.05, 0) is 51.3 Å². The lowest BCUT2D eigenvalue weighted by Gasteiger charge is -2.13. The average molecular weight is 521 g/mol. The summed E-state index contributed by atoms with van der Waals surface area (Å²) in [6.07, 6.45) is 1.90. The molecular weight excluding hydrogens is 485 g/mol. The highest BCUT2D eigenvalue weighted by Crippen LogP contribution is 2.11. The first-order chi connectivity index (χ1) is 13.5. The molecule has 7 nitrogen and oxygen atoms in total. The van der Waals surface area contributed by atoms with Crippen molar-refractivity contribution in [2.75, 3.05) is 33.4 Å². The highest BCUT2D eigenvalue weighted by Gasteiger charge is 2.05. The van der Waals surface area contributed by atoms with E-state index in [4.69, 9.17) is 14.2 Å². The molecule has 1 rings (SSSR count). The minimum Gasteiger partial charge on any atom is -0.497 e. The zero-order valence-corrected chi connectivity index (χ0v) is 20.4. The molecule has 166 valence electrons. The molecule has 0 saturated heterocycles. The van der Waals surface area contributed by atoms with E-state index >= 15 is 0 Å². The monoisotopic (exact) mass is 521 g/mol. The Hall–Kier alpha value is -1.55. The van der Waals surface area contributed by atoms with Crippen LogP contribution in [-0.4, -0.2) is 51.4 Å². The van der Waals surface area contributed by atoms with E-state index in [0.29, 0.717) is 25.9 Å². The second-order valence-electron chi connectivity index (χ2n) is 6.56. The van der Waals surface area contributed by atoms with Crippen molar-refractivity contribution in [3.05, 3.63) is 29.8 Å². The highest BCUT2D eigenvalue weighted by molar-refractivity contribution is 14.0. The number of benzene rings is 1. The van der Waals surface area contributed by atoms with Gasteiger partial charge in [-0.3, -0.25) is 4.79 Å². The van der Waals surface area contributed by atoms with E-state index in [1.54, 1.807) is 7.11 Å². The van der Waals surface area contributed by atoms with Crippen LogP contribution in [0.4, 0.5) is 0 Å². The molecule has 0 aliphatic heterocycles. The van der Waals surface area contributed by atoms with Gasteiger partial charge in [-0.15, -0.1) is 24.0 Å². The van der Waals surface area contributed by atoms with Crippen LogP contribution in [0.3, 0.4) is 0 Å². The maximum Gasteiger partial charge on any atom is 0.306 e. The summed E-state index contributed by atoms with van der Waals surface area (Å²) in [6.45, 7) is 9.11. The van der Waals surface area contributed by atoms with Crippen LogP contribution in [0.2, 0.25) is 0 Å². The van der Waals surface area contributed by atoms with Crippen LogP contribution in [0, 0.1) is 0 Å². The van der Waals surface area contributed by atoms with Crippen LogP contribution in [-0.2, 0) is 20.8 Å². The predicted octanol–water partition coefficient (Wildman–Crippen LogP) is 3.51. The van der Waals surface area contributed by atoms with Crippen LogP contribution < -0.4 is 15.4 Å². The van der Waals surface area contributed by atoms with E-state index in [1.165, 1.54) is 0 Å². The summed E-state index contributed by atoms with van der Waals surface area (Å²) in [4.78, 5) is 16.2. The third kappa shape index (κ3) is 14.1. The van der Waals surface area contributed by atoms with E-state index in [2.05, 4.69) is 15.6 Å². The first-order valence-electron chi connectivity index (χ1n) is 9.97. The van der Waals surface area contributed by atoms with Crippen molar-refractivity contribution in [2.45, 2.75) is 52.7 Å². The zero-order valence-electron chi connectivity index (χ0n) is 18.0. The summed E-state index contributed by atoms with van der Waals surface area (Å²) < 4.78 is 15.7. The van der Waals surface area contributed by atoms with Gasteiger partial charge in [0, 0.05) is 32.7 Å². The molecule has 8 heteroatoms. The molecule has 2 N–H and O–H groups in total. The number of methoxy groups -OCH3 is 1. The molecule has 0 radical (unpaired) electrons. The van der Waals surface area contributed by atoms with Crippen molar-refractivity contribution < 1.29 is 19.0 Å². The minimum absolute atomic E-state index is 0. The molecule has 0 heterocycles. The molecule has 0 aromatic heterocycles. The van der Waals surface area contributed by atoms with Crippen molar-refractivity contribution in [1.29, 1.82) is 0 Å². The SMILES string of the molecule is CCOCCCNC(=NCc1ccc(OC)cc1)NCCCC(=O)OC(C)C.I. The Morgan fingerprint density at radius 3 is 2.34 bits per heavy atom. The molecule has 1 aromatic rings. The fourth-order valence-electron chi connectivity index (χ4n) is 2.36. The van der Waals surface area contributed by atoms with Crippen LogP contribution in [0.1, 0.15) is 45.6 Å². The summed E-state index contributed by atoms with van der Waals surface area (Å²) in [5, 5.41) is 6.59. The second-order valence-corrected chi connectivity index (χ2v) is 6.56. The predicted molar refractivity (Wildman–Crippen MR) is 127 cm³/mol. The van der Waals surface area contributed by atoms with E-state index in [9.17, 15) is 4.79 Å². The first-order valence-corrected chi connectivity index (χ1v) is 9.97. The molecule has 0 aliphatic carbocycles.